The molecule has 0 rings (SSSR count). The average molecular weight is 169 g/mol. The molecule has 0 unspecified atom stereocenters. The Hall–Kier alpha value is -0.660. The van der Waals surface area contributed by atoms with Crippen LogP contribution in [0, 0.1) is 0 Å². The standard InChI is InChI=1S/C3H7NO5S/c1-4(2-3(5)6)10(7,8)9/h2H2,1H3,(H,5,6)(H,7,8,9). The predicted molar refractivity (Wildman–Crippen MR) is 31.8 cm³/mol. The molecule has 0 heterocycles. The number of nitrogens with zero attached hydrogens (tertiary/aromatic N) is 1. The molecule has 0 saturated carbocycles. The summed E-state index contributed by atoms with van der Waals surface area (Å²) in [5, 5.41) is 8.03. The Bertz CT molecular complexity index is 219. The third-order valence-electron chi connectivity index (χ3n) is 0.752. The molecule has 2 N–H and O–H groups in total. The Kier molecular flexibility index (Phi) is 2.76. The number of hydrogen-bond donors (Lipinski definition) is 2. The lowest BCUT2D eigenvalue weighted by Gasteiger charge is -2.07. The summed E-state index contributed by atoms with van der Waals surface area (Å²) in [5.41, 5.74) is 0. The van der Waals surface area contributed by atoms with Crippen molar-refractivity contribution in [1.82, 2.24) is 4.31 Å². The zero-order valence-electron chi connectivity index (χ0n) is 5.18. The summed E-state index contributed by atoms with van der Waals surface area (Å²) in [6.45, 7) is -0.737. The highest BCUT2D eigenvalue weighted by atomic mass is 32.2. The van der Waals surface area contributed by atoms with Gasteiger partial charge in [-0.05, 0) is 0 Å². The maximum atomic E-state index is 10.1. The molecule has 0 aromatic rings. The molecule has 0 aromatic carbocycles. The summed E-state index contributed by atoms with van der Waals surface area (Å²) < 4.78 is 28.7. The second-order valence-corrected chi connectivity index (χ2v) is 3.15. The Morgan fingerprint density at radius 3 is 2.10 bits per heavy atom. The largest absolute Gasteiger partial charge is 0.480 e. The van der Waals surface area contributed by atoms with Gasteiger partial charge in [0.25, 0.3) is 0 Å². The van der Waals surface area contributed by atoms with E-state index in [0.717, 1.165) is 7.05 Å². The Morgan fingerprint density at radius 1 is 1.60 bits per heavy atom. The molecular weight excluding hydrogens is 162 g/mol. The highest BCUT2D eigenvalue weighted by Crippen LogP contribution is 1.89. The number of aliphatic carboxylic acids is 1. The summed E-state index contributed by atoms with van der Waals surface area (Å²) in [7, 11) is -3.38. The molecule has 10 heavy (non-hydrogen) atoms. The molecule has 0 atom stereocenters. The van der Waals surface area contributed by atoms with Gasteiger partial charge in [0.2, 0.25) is 0 Å². The van der Waals surface area contributed by atoms with Gasteiger partial charge in [0.05, 0.1) is 0 Å². The first-order valence-corrected chi connectivity index (χ1v) is 3.64. The van der Waals surface area contributed by atoms with Crippen LogP contribution in [-0.2, 0) is 15.1 Å². The van der Waals surface area contributed by atoms with E-state index >= 15 is 0 Å². The zero-order valence-corrected chi connectivity index (χ0v) is 6.00. The van der Waals surface area contributed by atoms with Crippen LogP contribution in [0.25, 0.3) is 0 Å². The van der Waals surface area contributed by atoms with Gasteiger partial charge in [-0.1, -0.05) is 0 Å². The van der Waals surface area contributed by atoms with Gasteiger partial charge in [-0.2, -0.15) is 12.7 Å². The van der Waals surface area contributed by atoms with Crippen molar-refractivity contribution >= 4 is 16.3 Å². The van der Waals surface area contributed by atoms with E-state index < -0.39 is 22.8 Å². The fourth-order valence-corrected chi connectivity index (χ4v) is 0.546. The Labute approximate surface area is 57.9 Å². The molecular formula is C3H7NO5S. The minimum Gasteiger partial charge on any atom is -0.480 e. The van der Waals surface area contributed by atoms with Crippen molar-refractivity contribution in [3.8, 4) is 0 Å². The van der Waals surface area contributed by atoms with E-state index in [1.165, 1.54) is 0 Å². The minimum atomic E-state index is -4.35. The second-order valence-electron chi connectivity index (χ2n) is 1.63. The lowest BCUT2D eigenvalue weighted by molar-refractivity contribution is -0.137. The summed E-state index contributed by atoms with van der Waals surface area (Å²) in [6, 6.07) is 0. The monoisotopic (exact) mass is 169 g/mol. The van der Waals surface area contributed by atoms with Crippen molar-refractivity contribution in [2.75, 3.05) is 13.6 Å². The molecule has 0 fully saturated rings. The van der Waals surface area contributed by atoms with Gasteiger partial charge in [0.15, 0.2) is 0 Å². The van der Waals surface area contributed by atoms with Crippen LogP contribution in [-0.4, -0.2) is 41.9 Å². The quantitative estimate of drug-likeness (QED) is 0.518. The van der Waals surface area contributed by atoms with Gasteiger partial charge in [0.1, 0.15) is 6.54 Å². The number of likely N-dealkylation sites (N-methyl/N-ethyl adjacent to an activating group) is 1. The molecule has 0 amide bonds. The minimum absolute atomic E-state index is 0.315. The zero-order chi connectivity index (χ0) is 8.36. The van der Waals surface area contributed by atoms with Crippen molar-refractivity contribution < 1.29 is 22.9 Å². The molecule has 0 aliphatic heterocycles. The van der Waals surface area contributed by atoms with E-state index in [4.69, 9.17) is 9.66 Å². The van der Waals surface area contributed by atoms with E-state index in [1.54, 1.807) is 0 Å². The molecule has 7 heteroatoms. The fourth-order valence-electron chi connectivity index (χ4n) is 0.272. The summed E-state index contributed by atoms with van der Waals surface area (Å²) in [5.74, 6) is -1.32. The summed E-state index contributed by atoms with van der Waals surface area (Å²) >= 11 is 0. The maximum Gasteiger partial charge on any atom is 0.336 e. The van der Waals surface area contributed by atoms with E-state index in [-0.39, 0.29) is 0 Å². The average Bonchev–Trinajstić information content (AvgIpc) is 1.60. The van der Waals surface area contributed by atoms with E-state index in [2.05, 4.69) is 0 Å². The fraction of sp³-hybridized carbons (Fsp3) is 0.667. The van der Waals surface area contributed by atoms with Crippen LogP contribution < -0.4 is 0 Å². The topological polar surface area (TPSA) is 94.9 Å². The number of hydrogen-bond acceptors (Lipinski definition) is 3. The van der Waals surface area contributed by atoms with Crippen LogP contribution in [0.1, 0.15) is 0 Å². The van der Waals surface area contributed by atoms with Gasteiger partial charge in [-0.15, -0.1) is 0 Å². The van der Waals surface area contributed by atoms with Crippen molar-refractivity contribution in [1.29, 1.82) is 0 Å². The normalized spacial score (nSPS) is 11.9. The first kappa shape index (κ1) is 9.34. The molecule has 0 aromatic heterocycles. The van der Waals surface area contributed by atoms with Gasteiger partial charge in [0, 0.05) is 7.05 Å². The highest BCUT2D eigenvalue weighted by molar-refractivity contribution is 7.83. The first-order valence-electron chi connectivity index (χ1n) is 2.24. The van der Waals surface area contributed by atoms with E-state index in [0.29, 0.717) is 4.31 Å². The van der Waals surface area contributed by atoms with Crippen molar-refractivity contribution in [3.63, 3.8) is 0 Å². The van der Waals surface area contributed by atoms with Crippen LogP contribution >= 0.6 is 0 Å². The van der Waals surface area contributed by atoms with Gasteiger partial charge >= 0.3 is 16.3 Å². The van der Waals surface area contributed by atoms with Crippen molar-refractivity contribution in [3.05, 3.63) is 0 Å². The third kappa shape index (κ3) is 3.38. The third-order valence-corrected chi connectivity index (χ3v) is 1.67. The number of carboxylic acids is 1. The number of carboxylic acid groups (broad SMARTS) is 1. The lowest BCUT2D eigenvalue weighted by atomic mass is 10.7. The number of carbonyl (C=O) groups is 1. The van der Waals surface area contributed by atoms with Crippen LogP contribution in [0.2, 0.25) is 0 Å². The maximum absolute atomic E-state index is 10.1. The molecule has 0 bridgehead atoms. The molecule has 6 nitrogen and oxygen atoms in total. The van der Waals surface area contributed by atoms with Crippen molar-refractivity contribution in [2.24, 2.45) is 0 Å². The first-order chi connectivity index (χ1) is 4.34. The van der Waals surface area contributed by atoms with Crippen LogP contribution in [0.15, 0.2) is 0 Å². The van der Waals surface area contributed by atoms with Crippen LogP contribution in [0.5, 0.6) is 0 Å². The molecule has 0 aliphatic rings. The van der Waals surface area contributed by atoms with Gasteiger partial charge in [-0.25, -0.2) is 0 Å². The molecule has 60 valence electrons. The van der Waals surface area contributed by atoms with Crippen LogP contribution in [0.4, 0.5) is 0 Å². The number of rotatable bonds is 3. The Morgan fingerprint density at radius 2 is 2.00 bits per heavy atom. The van der Waals surface area contributed by atoms with Gasteiger partial charge < -0.3 is 5.11 Å². The highest BCUT2D eigenvalue weighted by Gasteiger charge is 2.15. The molecule has 0 spiro atoms. The lowest BCUT2D eigenvalue weighted by Crippen LogP contribution is -2.31. The van der Waals surface area contributed by atoms with Gasteiger partial charge in [-0.3, -0.25) is 9.35 Å². The molecule has 0 saturated heterocycles. The SMILES string of the molecule is CN(CC(=O)O)S(=O)(=O)O. The van der Waals surface area contributed by atoms with E-state index in [9.17, 15) is 13.2 Å². The van der Waals surface area contributed by atoms with E-state index in [1.807, 2.05) is 0 Å². The predicted octanol–water partition coefficient (Wildman–Crippen LogP) is -1.19. The summed E-state index contributed by atoms with van der Waals surface area (Å²) in [4.78, 5) is 9.84. The second kappa shape index (κ2) is 2.95. The van der Waals surface area contributed by atoms with Crippen LogP contribution in [0.3, 0.4) is 0 Å². The molecule has 0 radical (unpaired) electrons. The van der Waals surface area contributed by atoms with Crippen molar-refractivity contribution in [2.45, 2.75) is 0 Å². The summed E-state index contributed by atoms with van der Waals surface area (Å²) in [6.07, 6.45) is 0. The molecule has 0 aliphatic carbocycles. The smallest absolute Gasteiger partial charge is 0.336 e. The Balaban J connectivity index is 4.12.